The first-order chi connectivity index (χ1) is 12.0. The highest BCUT2D eigenvalue weighted by molar-refractivity contribution is 5.89. The molecule has 4 atom stereocenters. The standard InChI is InChI=1S/C20H27N3O2/c1-12(11-24)21-20(25)14-7-16-15-5-4-6-17-19(15)13(9-22(17)2)8-18(16)23(3)10-14/h4-6,9,12,14,16,18,24H,7-8,10-11H2,1-3H3,(H,21,25)/t12-,14+,16+,18+/m0/s1. The van der Waals surface area contributed by atoms with Crippen molar-refractivity contribution in [2.75, 3.05) is 20.2 Å². The third kappa shape index (κ3) is 2.66. The van der Waals surface area contributed by atoms with Crippen LogP contribution >= 0.6 is 0 Å². The first-order valence-corrected chi connectivity index (χ1v) is 9.18. The van der Waals surface area contributed by atoms with E-state index in [1.807, 2.05) is 6.92 Å². The van der Waals surface area contributed by atoms with Crippen molar-refractivity contribution in [3.05, 3.63) is 35.5 Å². The second kappa shape index (κ2) is 6.15. The number of aryl methyl sites for hydroxylation is 1. The number of carbonyl (C=O) groups excluding carboxylic acids is 1. The molecule has 1 amide bonds. The summed E-state index contributed by atoms with van der Waals surface area (Å²) in [5, 5.41) is 13.5. The molecule has 0 saturated carbocycles. The molecule has 1 saturated heterocycles. The van der Waals surface area contributed by atoms with Crippen molar-refractivity contribution in [2.24, 2.45) is 13.0 Å². The Morgan fingerprint density at radius 1 is 1.40 bits per heavy atom. The van der Waals surface area contributed by atoms with E-state index in [1.165, 1.54) is 22.0 Å². The molecule has 2 heterocycles. The number of carbonyl (C=O) groups is 1. The van der Waals surface area contributed by atoms with E-state index in [-0.39, 0.29) is 24.5 Å². The van der Waals surface area contributed by atoms with Crippen LogP contribution in [-0.2, 0) is 18.3 Å². The maximum absolute atomic E-state index is 12.6. The first-order valence-electron chi connectivity index (χ1n) is 9.18. The van der Waals surface area contributed by atoms with Gasteiger partial charge in [-0.15, -0.1) is 0 Å². The number of nitrogens with zero attached hydrogens (tertiary/aromatic N) is 2. The van der Waals surface area contributed by atoms with Crippen LogP contribution in [0, 0.1) is 5.92 Å². The van der Waals surface area contributed by atoms with Crippen LogP contribution in [0.3, 0.4) is 0 Å². The predicted molar refractivity (Wildman–Crippen MR) is 98.6 cm³/mol. The van der Waals surface area contributed by atoms with Crippen LogP contribution < -0.4 is 5.32 Å². The monoisotopic (exact) mass is 341 g/mol. The average Bonchev–Trinajstić information content (AvgIpc) is 2.93. The van der Waals surface area contributed by atoms with Crippen LogP contribution in [0.5, 0.6) is 0 Å². The number of hydrogen-bond acceptors (Lipinski definition) is 3. The Kier molecular flexibility index (Phi) is 4.08. The Hall–Kier alpha value is -1.85. The zero-order valence-corrected chi connectivity index (χ0v) is 15.2. The van der Waals surface area contributed by atoms with E-state index in [0.717, 1.165) is 19.4 Å². The minimum atomic E-state index is -0.189. The summed E-state index contributed by atoms with van der Waals surface area (Å²) in [4.78, 5) is 15.0. The molecule has 1 aliphatic carbocycles. The Balaban J connectivity index is 1.68. The third-order valence-electron chi connectivity index (χ3n) is 6.06. The average molecular weight is 341 g/mol. The van der Waals surface area contributed by atoms with E-state index in [0.29, 0.717) is 12.0 Å². The van der Waals surface area contributed by atoms with E-state index >= 15 is 0 Å². The Labute approximate surface area is 148 Å². The van der Waals surface area contributed by atoms with Gasteiger partial charge in [0.25, 0.3) is 0 Å². The van der Waals surface area contributed by atoms with Crippen LogP contribution in [-0.4, -0.2) is 52.8 Å². The highest BCUT2D eigenvalue weighted by Gasteiger charge is 2.41. The largest absolute Gasteiger partial charge is 0.394 e. The fourth-order valence-corrected chi connectivity index (χ4v) is 4.82. The second-order valence-electron chi connectivity index (χ2n) is 7.85. The summed E-state index contributed by atoms with van der Waals surface area (Å²) in [6.07, 6.45) is 4.20. The number of likely N-dealkylation sites (N-methyl/N-ethyl adjacent to an activating group) is 1. The number of piperidine rings is 1. The minimum absolute atomic E-state index is 0.0208. The lowest BCUT2D eigenvalue weighted by Gasteiger charge is -2.45. The fourth-order valence-electron chi connectivity index (χ4n) is 4.82. The molecule has 0 bridgehead atoms. The molecule has 2 aromatic rings. The highest BCUT2D eigenvalue weighted by Crippen LogP contribution is 2.44. The molecule has 0 radical (unpaired) electrons. The first kappa shape index (κ1) is 16.6. The van der Waals surface area contributed by atoms with Crippen LogP contribution in [0.15, 0.2) is 24.4 Å². The number of aromatic nitrogens is 1. The van der Waals surface area contributed by atoms with Crippen molar-refractivity contribution in [3.8, 4) is 0 Å². The quantitative estimate of drug-likeness (QED) is 0.892. The molecule has 25 heavy (non-hydrogen) atoms. The van der Waals surface area contributed by atoms with Crippen molar-refractivity contribution >= 4 is 16.8 Å². The molecular formula is C20H27N3O2. The van der Waals surface area contributed by atoms with Gasteiger partial charge in [0, 0.05) is 48.7 Å². The molecule has 2 aliphatic rings. The normalized spacial score (nSPS) is 27.1. The minimum Gasteiger partial charge on any atom is -0.394 e. The summed E-state index contributed by atoms with van der Waals surface area (Å²) in [6, 6.07) is 6.84. The second-order valence-corrected chi connectivity index (χ2v) is 7.85. The predicted octanol–water partition coefficient (Wildman–Crippen LogP) is 1.64. The van der Waals surface area contributed by atoms with Gasteiger partial charge in [-0.3, -0.25) is 4.79 Å². The molecule has 1 aromatic heterocycles. The summed E-state index contributed by atoms with van der Waals surface area (Å²) in [5.41, 5.74) is 4.11. The number of fused-ring (bicyclic) bond motifs is 2. The number of likely N-dealkylation sites (tertiary alicyclic amines) is 1. The van der Waals surface area contributed by atoms with Gasteiger partial charge in [0.05, 0.1) is 12.5 Å². The maximum atomic E-state index is 12.6. The Morgan fingerprint density at radius 2 is 2.20 bits per heavy atom. The number of benzene rings is 1. The number of aliphatic hydroxyl groups is 1. The smallest absolute Gasteiger partial charge is 0.224 e. The van der Waals surface area contributed by atoms with E-state index in [9.17, 15) is 9.90 Å². The molecule has 2 N–H and O–H groups in total. The molecule has 5 heteroatoms. The van der Waals surface area contributed by atoms with Crippen molar-refractivity contribution in [1.82, 2.24) is 14.8 Å². The SMILES string of the molecule is C[C@@H](CO)NC(=O)[C@@H]1C[C@@H]2c3cccc4c3c(cn4C)C[C@H]2N(C)C1. The molecule has 1 aromatic carbocycles. The number of rotatable bonds is 3. The van der Waals surface area contributed by atoms with Crippen molar-refractivity contribution < 1.29 is 9.90 Å². The Bertz CT molecular complexity index is 813. The van der Waals surface area contributed by atoms with E-state index in [1.54, 1.807) is 0 Å². The highest BCUT2D eigenvalue weighted by atomic mass is 16.3. The number of nitrogens with one attached hydrogen (secondary N) is 1. The lowest BCUT2D eigenvalue weighted by Crippen LogP contribution is -2.52. The van der Waals surface area contributed by atoms with Crippen molar-refractivity contribution in [1.29, 1.82) is 0 Å². The van der Waals surface area contributed by atoms with Gasteiger partial charge in [0.15, 0.2) is 0 Å². The number of amides is 1. The van der Waals surface area contributed by atoms with Gasteiger partial charge in [-0.25, -0.2) is 0 Å². The summed E-state index contributed by atoms with van der Waals surface area (Å²) in [5.74, 6) is 0.427. The molecule has 134 valence electrons. The van der Waals surface area contributed by atoms with Crippen LogP contribution in [0.2, 0.25) is 0 Å². The van der Waals surface area contributed by atoms with Crippen LogP contribution in [0.25, 0.3) is 10.9 Å². The zero-order chi connectivity index (χ0) is 17.7. The molecule has 5 nitrogen and oxygen atoms in total. The summed E-state index contributed by atoms with van der Waals surface area (Å²) in [6.45, 7) is 2.60. The van der Waals surface area contributed by atoms with Crippen molar-refractivity contribution in [3.63, 3.8) is 0 Å². The fraction of sp³-hybridized carbons (Fsp3) is 0.550. The van der Waals surface area contributed by atoms with Crippen LogP contribution in [0.1, 0.15) is 30.4 Å². The van der Waals surface area contributed by atoms with Gasteiger partial charge in [0.2, 0.25) is 5.91 Å². The van der Waals surface area contributed by atoms with Gasteiger partial charge in [-0.1, -0.05) is 12.1 Å². The Morgan fingerprint density at radius 3 is 2.96 bits per heavy atom. The lowest BCUT2D eigenvalue weighted by atomic mass is 9.72. The molecule has 4 rings (SSSR count). The zero-order valence-electron chi connectivity index (χ0n) is 15.2. The van der Waals surface area contributed by atoms with E-state index in [4.69, 9.17) is 0 Å². The van der Waals surface area contributed by atoms with Gasteiger partial charge < -0.3 is 19.9 Å². The van der Waals surface area contributed by atoms with E-state index in [2.05, 4.69) is 53.3 Å². The molecule has 1 aliphatic heterocycles. The summed E-state index contributed by atoms with van der Waals surface area (Å²) >= 11 is 0. The van der Waals surface area contributed by atoms with E-state index < -0.39 is 0 Å². The van der Waals surface area contributed by atoms with Crippen molar-refractivity contribution in [2.45, 2.75) is 37.8 Å². The van der Waals surface area contributed by atoms with Gasteiger partial charge in [0.1, 0.15) is 0 Å². The van der Waals surface area contributed by atoms with Gasteiger partial charge >= 0.3 is 0 Å². The molecule has 1 fully saturated rings. The molecule has 0 spiro atoms. The molecule has 0 unspecified atom stereocenters. The lowest BCUT2D eigenvalue weighted by molar-refractivity contribution is -0.128. The molecular weight excluding hydrogens is 314 g/mol. The van der Waals surface area contributed by atoms with Gasteiger partial charge in [-0.05, 0) is 44.0 Å². The topological polar surface area (TPSA) is 57.5 Å². The summed E-state index contributed by atoms with van der Waals surface area (Å²) in [7, 11) is 4.25. The maximum Gasteiger partial charge on any atom is 0.224 e. The number of aliphatic hydroxyl groups excluding tert-OH is 1. The van der Waals surface area contributed by atoms with Gasteiger partial charge in [-0.2, -0.15) is 0 Å². The summed E-state index contributed by atoms with van der Waals surface area (Å²) < 4.78 is 2.22. The van der Waals surface area contributed by atoms with Crippen LogP contribution in [0.4, 0.5) is 0 Å². The third-order valence-corrected chi connectivity index (χ3v) is 6.06. The number of hydrogen-bond donors (Lipinski definition) is 2.